The molecule has 0 saturated carbocycles. The summed E-state index contributed by atoms with van der Waals surface area (Å²) in [4.78, 5) is 39.9. The van der Waals surface area contributed by atoms with Crippen molar-refractivity contribution in [2.24, 2.45) is 0 Å². The molecule has 0 fully saturated rings. The van der Waals surface area contributed by atoms with Crippen LogP contribution in [0.4, 0.5) is 0 Å². The first kappa shape index (κ1) is 18.7. The molecule has 132 valence electrons. The van der Waals surface area contributed by atoms with Crippen molar-refractivity contribution < 1.29 is 19.5 Å². The second kappa shape index (κ2) is 7.53. The molecule has 1 heterocycles. The molecule has 0 atom stereocenters. The molecule has 2 N–H and O–H groups in total. The highest BCUT2D eigenvalue weighted by atomic mass is 35.5. The van der Waals surface area contributed by atoms with E-state index < -0.39 is 18.4 Å². The quantitative estimate of drug-likeness (QED) is 0.772. The molecule has 0 saturated heterocycles. The first-order valence-corrected chi connectivity index (χ1v) is 8.04. The molecule has 0 aliphatic heterocycles. The maximum absolute atomic E-state index is 12.9. The van der Waals surface area contributed by atoms with Crippen LogP contribution in [0.3, 0.4) is 0 Å². The number of amides is 1. The van der Waals surface area contributed by atoms with Gasteiger partial charge in [0.25, 0.3) is 5.91 Å². The second-order valence-corrected chi connectivity index (χ2v) is 6.30. The largest absolute Gasteiger partial charge is 0.480 e. The number of aliphatic carboxylic acids is 1. The number of benzene rings is 1. The molecule has 0 unspecified atom stereocenters. The third kappa shape index (κ3) is 4.28. The number of aryl methyl sites for hydroxylation is 1. The van der Waals surface area contributed by atoms with Gasteiger partial charge in [-0.05, 0) is 44.0 Å². The molecule has 25 heavy (non-hydrogen) atoms. The van der Waals surface area contributed by atoms with E-state index in [4.69, 9.17) is 16.7 Å². The second-order valence-electron chi connectivity index (χ2n) is 5.86. The summed E-state index contributed by atoms with van der Waals surface area (Å²) in [6.45, 7) is 4.49. The monoisotopic (exact) mass is 362 g/mol. The van der Waals surface area contributed by atoms with Crippen molar-refractivity contribution in [3.05, 3.63) is 57.4 Å². The summed E-state index contributed by atoms with van der Waals surface area (Å²) in [5, 5.41) is 9.70. The number of ketones is 1. The lowest BCUT2D eigenvalue weighted by atomic mass is 10.1. The van der Waals surface area contributed by atoms with E-state index in [1.165, 1.54) is 11.8 Å². The predicted molar refractivity (Wildman–Crippen MR) is 94.1 cm³/mol. The normalized spacial score (nSPS) is 10.6. The number of carboxylic acid groups (broad SMARTS) is 1. The van der Waals surface area contributed by atoms with Gasteiger partial charge in [-0.25, -0.2) is 0 Å². The number of halogens is 1. The number of hydrogen-bond donors (Lipinski definition) is 2. The maximum Gasteiger partial charge on any atom is 0.323 e. The van der Waals surface area contributed by atoms with Crippen LogP contribution in [-0.2, 0) is 11.3 Å². The number of aromatic amines is 1. The van der Waals surface area contributed by atoms with Crippen molar-refractivity contribution in [1.82, 2.24) is 9.88 Å². The number of carbonyl (C=O) groups excluding carboxylic acids is 2. The molecule has 1 amide bonds. The van der Waals surface area contributed by atoms with Gasteiger partial charge in [-0.2, -0.15) is 0 Å². The SMILES string of the molecule is CC(=O)c1c(C)[nH]c(C(=O)N(CC(=O)O)Cc2ccc(Cl)cc2)c1C. The summed E-state index contributed by atoms with van der Waals surface area (Å²) in [5.41, 5.74) is 2.58. The van der Waals surface area contributed by atoms with Gasteiger partial charge in [0.2, 0.25) is 0 Å². The number of carbonyl (C=O) groups is 3. The number of nitrogens with zero attached hydrogens (tertiary/aromatic N) is 1. The van der Waals surface area contributed by atoms with Gasteiger partial charge < -0.3 is 15.0 Å². The molecular weight excluding hydrogens is 344 g/mol. The number of carboxylic acids is 1. The Kier molecular flexibility index (Phi) is 5.64. The van der Waals surface area contributed by atoms with Gasteiger partial charge >= 0.3 is 5.97 Å². The van der Waals surface area contributed by atoms with Gasteiger partial charge in [-0.3, -0.25) is 14.4 Å². The van der Waals surface area contributed by atoms with Crippen LogP contribution >= 0.6 is 11.6 Å². The summed E-state index contributed by atoms with van der Waals surface area (Å²) in [5.74, 6) is -1.73. The molecule has 6 nitrogen and oxygen atoms in total. The molecule has 2 aromatic rings. The molecule has 2 rings (SSSR count). The molecule has 0 spiro atoms. The van der Waals surface area contributed by atoms with E-state index in [0.29, 0.717) is 21.8 Å². The lowest BCUT2D eigenvalue weighted by Crippen LogP contribution is -2.35. The van der Waals surface area contributed by atoms with Crippen LogP contribution in [0.15, 0.2) is 24.3 Å². The highest BCUT2D eigenvalue weighted by molar-refractivity contribution is 6.30. The Morgan fingerprint density at radius 3 is 2.24 bits per heavy atom. The van der Waals surface area contributed by atoms with Gasteiger partial charge in [0.1, 0.15) is 12.2 Å². The van der Waals surface area contributed by atoms with Gasteiger partial charge in [0.15, 0.2) is 5.78 Å². The Balaban J connectivity index is 2.36. The van der Waals surface area contributed by atoms with E-state index >= 15 is 0 Å². The summed E-state index contributed by atoms with van der Waals surface area (Å²) >= 11 is 5.85. The minimum Gasteiger partial charge on any atom is -0.480 e. The van der Waals surface area contributed by atoms with Gasteiger partial charge in [-0.15, -0.1) is 0 Å². The van der Waals surface area contributed by atoms with E-state index in [1.54, 1.807) is 38.1 Å². The number of H-pyrrole nitrogens is 1. The molecule has 1 aromatic heterocycles. The van der Waals surface area contributed by atoms with Crippen LogP contribution in [0.5, 0.6) is 0 Å². The highest BCUT2D eigenvalue weighted by Crippen LogP contribution is 2.21. The third-order valence-electron chi connectivity index (χ3n) is 3.90. The van der Waals surface area contributed by atoms with Crippen molar-refractivity contribution in [3.8, 4) is 0 Å². The Bertz CT molecular complexity index is 824. The topological polar surface area (TPSA) is 90.5 Å². The first-order valence-electron chi connectivity index (χ1n) is 7.66. The zero-order valence-electron chi connectivity index (χ0n) is 14.2. The lowest BCUT2D eigenvalue weighted by Gasteiger charge is -2.21. The van der Waals surface area contributed by atoms with Gasteiger partial charge in [0.05, 0.1) is 0 Å². The number of nitrogens with one attached hydrogen (secondary N) is 1. The first-order chi connectivity index (χ1) is 11.7. The average molecular weight is 363 g/mol. The van der Waals surface area contributed by atoms with Crippen molar-refractivity contribution in [3.63, 3.8) is 0 Å². The molecule has 7 heteroatoms. The van der Waals surface area contributed by atoms with Crippen molar-refractivity contribution in [2.75, 3.05) is 6.54 Å². The number of hydrogen-bond acceptors (Lipinski definition) is 3. The minimum absolute atomic E-state index is 0.120. The smallest absolute Gasteiger partial charge is 0.323 e. The van der Waals surface area contributed by atoms with E-state index in [0.717, 1.165) is 5.56 Å². The van der Waals surface area contributed by atoms with Crippen LogP contribution in [-0.4, -0.2) is 39.2 Å². The van der Waals surface area contributed by atoms with E-state index in [9.17, 15) is 14.4 Å². The standard InChI is InChI=1S/C18H19ClN2O4/c1-10-16(12(3)22)11(2)20-17(10)18(25)21(9-15(23)24)8-13-4-6-14(19)7-5-13/h4-7,20H,8-9H2,1-3H3,(H,23,24). The van der Waals surface area contributed by atoms with Crippen molar-refractivity contribution in [2.45, 2.75) is 27.3 Å². The zero-order chi connectivity index (χ0) is 18.7. The Labute approximate surface area is 150 Å². The molecule has 0 bridgehead atoms. The summed E-state index contributed by atoms with van der Waals surface area (Å²) in [6, 6.07) is 6.83. The Morgan fingerprint density at radius 2 is 1.76 bits per heavy atom. The van der Waals surface area contributed by atoms with E-state index in [2.05, 4.69) is 4.98 Å². The van der Waals surface area contributed by atoms with Crippen LogP contribution in [0, 0.1) is 13.8 Å². The molecule has 0 aliphatic rings. The number of Topliss-reactive ketones (excluding diaryl/α,β-unsaturated/α-hetero) is 1. The fourth-order valence-corrected chi connectivity index (χ4v) is 2.95. The van der Waals surface area contributed by atoms with Crippen LogP contribution < -0.4 is 0 Å². The molecule has 0 aliphatic carbocycles. The molecule has 0 radical (unpaired) electrons. The number of rotatable bonds is 6. The van der Waals surface area contributed by atoms with E-state index in [1.807, 2.05) is 0 Å². The van der Waals surface area contributed by atoms with E-state index in [-0.39, 0.29) is 18.0 Å². The predicted octanol–water partition coefficient (Wildman–Crippen LogP) is 3.21. The maximum atomic E-state index is 12.9. The zero-order valence-corrected chi connectivity index (χ0v) is 15.0. The fraction of sp³-hybridized carbons (Fsp3) is 0.278. The summed E-state index contributed by atoms with van der Waals surface area (Å²) < 4.78 is 0. The van der Waals surface area contributed by atoms with Crippen molar-refractivity contribution >= 4 is 29.3 Å². The van der Waals surface area contributed by atoms with Crippen molar-refractivity contribution in [1.29, 1.82) is 0 Å². The van der Waals surface area contributed by atoms with Crippen LogP contribution in [0.2, 0.25) is 5.02 Å². The molecular formula is C18H19ClN2O4. The average Bonchev–Trinajstić information content (AvgIpc) is 2.82. The number of aromatic nitrogens is 1. The third-order valence-corrected chi connectivity index (χ3v) is 4.16. The van der Waals surface area contributed by atoms with Gasteiger partial charge in [-0.1, -0.05) is 23.7 Å². The minimum atomic E-state index is -1.12. The van der Waals surface area contributed by atoms with Crippen LogP contribution in [0.25, 0.3) is 0 Å². The molecule has 1 aromatic carbocycles. The lowest BCUT2D eigenvalue weighted by molar-refractivity contribution is -0.137. The fourth-order valence-electron chi connectivity index (χ4n) is 2.82. The highest BCUT2D eigenvalue weighted by Gasteiger charge is 2.25. The van der Waals surface area contributed by atoms with Gasteiger partial charge in [0, 0.05) is 22.8 Å². The van der Waals surface area contributed by atoms with Crippen LogP contribution in [0.1, 0.15) is 44.6 Å². The summed E-state index contributed by atoms with van der Waals surface area (Å²) in [6.07, 6.45) is 0. The Morgan fingerprint density at radius 1 is 1.16 bits per heavy atom. The summed E-state index contributed by atoms with van der Waals surface area (Å²) in [7, 11) is 0. The Hall–Kier alpha value is -2.60.